The fourth-order valence-electron chi connectivity index (χ4n) is 2.33. The van der Waals surface area contributed by atoms with Crippen molar-refractivity contribution < 1.29 is 4.79 Å². The number of rotatable bonds is 3. The van der Waals surface area contributed by atoms with E-state index < -0.39 is 0 Å². The molecule has 1 N–H and O–H groups in total. The average molecular weight is 233 g/mol. The molecule has 4 heteroatoms. The molecule has 17 heavy (non-hydrogen) atoms. The van der Waals surface area contributed by atoms with Gasteiger partial charge in [-0.3, -0.25) is 9.69 Å². The van der Waals surface area contributed by atoms with Gasteiger partial charge in [0.15, 0.2) is 0 Å². The van der Waals surface area contributed by atoms with Gasteiger partial charge in [-0.1, -0.05) is 6.07 Å². The number of hydrogen-bond acceptors (Lipinski definition) is 3. The topological polar surface area (TPSA) is 45.2 Å². The maximum atomic E-state index is 12.1. The molecule has 0 saturated carbocycles. The number of carbonyl (C=O) groups excluding carboxylic acids is 1. The highest BCUT2D eigenvalue weighted by Crippen LogP contribution is 2.21. The van der Waals surface area contributed by atoms with Crippen molar-refractivity contribution in [1.29, 1.82) is 0 Å². The van der Waals surface area contributed by atoms with E-state index >= 15 is 0 Å². The first-order valence-corrected chi connectivity index (χ1v) is 6.16. The van der Waals surface area contributed by atoms with Crippen LogP contribution in [-0.4, -0.2) is 34.4 Å². The Balaban J connectivity index is 2.00. The maximum Gasteiger partial charge on any atom is 0.242 e. The van der Waals surface area contributed by atoms with Crippen molar-refractivity contribution in [2.24, 2.45) is 0 Å². The first-order chi connectivity index (χ1) is 8.18. The number of nitrogens with one attached hydrogen (secondary N) is 1. The summed E-state index contributed by atoms with van der Waals surface area (Å²) in [5, 5.41) is 2.88. The minimum absolute atomic E-state index is 0.00277. The molecule has 1 aromatic rings. The lowest BCUT2D eigenvalue weighted by Crippen LogP contribution is -2.43. The number of carbonyl (C=O) groups is 1. The number of aromatic nitrogens is 1. The first kappa shape index (κ1) is 12.0. The molecular weight excluding hydrogens is 214 g/mol. The molecule has 92 valence electrons. The summed E-state index contributed by atoms with van der Waals surface area (Å²) in [6.07, 6.45) is 3.72. The minimum atomic E-state index is -0.00277. The van der Waals surface area contributed by atoms with Gasteiger partial charge >= 0.3 is 0 Å². The first-order valence-electron chi connectivity index (χ1n) is 6.16. The third kappa shape index (κ3) is 2.82. The van der Waals surface area contributed by atoms with E-state index in [0.29, 0.717) is 11.9 Å². The summed E-state index contributed by atoms with van der Waals surface area (Å²) in [7, 11) is 0. The smallest absolute Gasteiger partial charge is 0.242 e. The van der Waals surface area contributed by atoms with Crippen LogP contribution in [0, 0.1) is 0 Å². The van der Waals surface area contributed by atoms with Crippen molar-refractivity contribution in [3.8, 4) is 0 Å². The quantitative estimate of drug-likeness (QED) is 0.867. The van der Waals surface area contributed by atoms with Crippen LogP contribution in [0.1, 0.15) is 26.7 Å². The van der Waals surface area contributed by atoms with E-state index in [4.69, 9.17) is 0 Å². The number of hydrogen-bond donors (Lipinski definition) is 1. The van der Waals surface area contributed by atoms with E-state index in [0.717, 1.165) is 19.4 Å². The predicted octanol–water partition coefficient (Wildman–Crippen LogP) is 1.89. The van der Waals surface area contributed by atoms with Crippen LogP contribution >= 0.6 is 0 Å². The molecule has 1 aromatic heterocycles. The van der Waals surface area contributed by atoms with Gasteiger partial charge < -0.3 is 5.32 Å². The third-order valence-electron chi connectivity index (χ3n) is 3.18. The van der Waals surface area contributed by atoms with Crippen LogP contribution in [-0.2, 0) is 4.79 Å². The summed E-state index contributed by atoms with van der Waals surface area (Å²) in [4.78, 5) is 18.5. The summed E-state index contributed by atoms with van der Waals surface area (Å²) >= 11 is 0. The van der Waals surface area contributed by atoms with Crippen molar-refractivity contribution >= 4 is 11.7 Å². The van der Waals surface area contributed by atoms with Gasteiger partial charge in [0.25, 0.3) is 0 Å². The van der Waals surface area contributed by atoms with Gasteiger partial charge in [0.2, 0.25) is 5.91 Å². The number of amides is 1. The molecule has 1 unspecified atom stereocenters. The lowest BCUT2D eigenvalue weighted by Gasteiger charge is -2.27. The Morgan fingerprint density at radius 2 is 2.35 bits per heavy atom. The molecule has 4 nitrogen and oxygen atoms in total. The van der Waals surface area contributed by atoms with E-state index in [1.807, 2.05) is 18.2 Å². The average Bonchev–Trinajstić information content (AvgIpc) is 2.79. The van der Waals surface area contributed by atoms with Crippen LogP contribution in [0.2, 0.25) is 0 Å². The van der Waals surface area contributed by atoms with E-state index in [2.05, 4.69) is 29.0 Å². The second-order valence-electron chi connectivity index (χ2n) is 4.69. The number of nitrogens with zero attached hydrogens (tertiary/aromatic N) is 2. The van der Waals surface area contributed by atoms with Gasteiger partial charge in [-0.05, 0) is 45.4 Å². The lowest BCUT2D eigenvalue weighted by molar-refractivity contribution is -0.120. The highest BCUT2D eigenvalue weighted by atomic mass is 16.2. The van der Waals surface area contributed by atoms with Crippen LogP contribution in [0.3, 0.4) is 0 Å². The van der Waals surface area contributed by atoms with Gasteiger partial charge in [0.05, 0.1) is 6.04 Å². The second kappa shape index (κ2) is 5.27. The Labute approximate surface area is 102 Å². The van der Waals surface area contributed by atoms with Crippen LogP contribution < -0.4 is 5.32 Å². The molecule has 1 saturated heterocycles. The summed E-state index contributed by atoms with van der Waals surface area (Å²) in [5.41, 5.74) is 0. The molecule has 0 aromatic carbocycles. The Bertz CT molecular complexity index is 378. The van der Waals surface area contributed by atoms with Crippen molar-refractivity contribution in [3.05, 3.63) is 24.4 Å². The standard InChI is InChI=1S/C13H19N3O/c1-10(2)16-9-5-6-11(16)13(17)15-12-7-3-4-8-14-12/h3-4,7-8,10-11H,5-6,9H2,1-2H3,(H,14,15,17). The number of pyridine rings is 1. The number of anilines is 1. The summed E-state index contributed by atoms with van der Waals surface area (Å²) in [6, 6.07) is 5.93. The lowest BCUT2D eigenvalue weighted by atomic mass is 10.2. The van der Waals surface area contributed by atoms with Gasteiger partial charge in [0, 0.05) is 12.2 Å². The van der Waals surface area contributed by atoms with Crippen LogP contribution in [0.5, 0.6) is 0 Å². The molecular formula is C13H19N3O. The fraction of sp³-hybridized carbons (Fsp3) is 0.538. The van der Waals surface area contributed by atoms with Gasteiger partial charge in [-0.2, -0.15) is 0 Å². The Morgan fingerprint density at radius 3 is 3.00 bits per heavy atom. The molecule has 1 atom stereocenters. The predicted molar refractivity (Wildman–Crippen MR) is 67.7 cm³/mol. The van der Waals surface area contributed by atoms with Crippen LogP contribution in [0.15, 0.2) is 24.4 Å². The summed E-state index contributed by atoms with van der Waals surface area (Å²) < 4.78 is 0. The SMILES string of the molecule is CC(C)N1CCCC1C(=O)Nc1ccccn1. The molecule has 1 aliphatic rings. The van der Waals surface area contributed by atoms with Gasteiger partial charge in [-0.25, -0.2) is 4.98 Å². The van der Waals surface area contributed by atoms with E-state index in [1.54, 1.807) is 6.20 Å². The highest BCUT2D eigenvalue weighted by molar-refractivity contribution is 5.94. The fourth-order valence-corrected chi connectivity index (χ4v) is 2.33. The van der Waals surface area contributed by atoms with E-state index in [-0.39, 0.29) is 11.9 Å². The zero-order valence-corrected chi connectivity index (χ0v) is 10.4. The zero-order valence-electron chi connectivity index (χ0n) is 10.4. The Hall–Kier alpha value is -1.42. The molecule has 1 amide bonds. The molecule has 0 aliphatic carbocycles. The van der Waals surface area contributed by atoms with E-state index in [1.165, 1.54) is 0 Å². The molecule has 1 aliphatic heterocycles. The largest absolute Gasteiger partial charge is 0.309 e. The summed E-state index contributed by atoms with van der Waals surface area (Å²) in [6.45, 7) is 5.27. The normalized spacial score (nSPS) is 20.8. The molecule has 0 radical (unpaired) electrons. The molecule has 0 spiro atoms. The third-order valence-corrected chi connectivity index (χ3v) is 3.18. The maximum absolute atomic E-state index is 12.1. The Kier molecular flexibility index (Phi) is 3.74. The van der Waals surface area contributed by atoms with Crippen molar-refractivity contribution in [1.82, 2.24) is 9.88 Å². The van der Waals surface area contributed by atoms with Crippen LogP contribution in [0.4, 0.5) is 5.82 Å². The second-order valence-corrected chi connectivity index (χ2v) is 4.69. The van der Waals surface area contributed by atoms with E-state index in [9.17, 15) is 4.79 Å². The van der Waals surface area contributed by atoms with Crippen molar-refractivity contribution in [2.75, 3.05) is 11.9 Å². The minimum Gasteiger partial charge on any atom is -0.309 e. The van der Waals surface area contributed by atoms with Crippen molar-refractivity contribution in [2.45, 2.75) is 38.8 Å². The molecule has 2 rings (SSSR count). The highest BCUT2D eigenvalue weighted by Gasteiger charge is 2.32. The zero-order chi connectivity index (χ0) is 12.3. The van der Waals surface area contributed by atoms with Gasteiger partial charge in [-0.15, -0.1) is 0 Å². The molecule has 0 bridgehead atoms. The van der Waals surface area contributed by atoms with Crippen molar-refractivity contribution in [3.63, 3.8) is 0 Å². The molecule has 2 heterocycles. The van der Waals surface area contributed by atoms with Crippen LogP contribution in [0.25, 0.3) is 0 Å². The number of likely N-dealkylation sites (tertiary alicyclic amines) is 1. The molecule has 1 fully saturated rings. The van der Waals surface area contributed by atoms with Gasteiger partial charge in [0.1, 0.15) is 5.82 Å². The Morgan fingerprint density at radius 1 is 1.53 bits per heavy atom. The summed E-state index contributed by atoms with van der Waals surface area (Å²) in [5.74, 6) is 0.697. The monoisotopic (exact) mass is 233 g/mol.